The van der Waals surface area contributed by atoms with Gasteiger partial charge in [0.1, 0.15) is 17.7 Å². The second-order valence-electron chi connectivity index (χ2n) is 5.12. The Kier molecular flexibility index (Phi) is 7.08. The van der Waals surface area contributed by atoms with Gasteiger partial charge in [0, 0.05) is 10.7 Å². The summed E-state index contributed by atoms with van der Waals surface area (Å²) >= 11 is 12.0. The van der Waals surface area contributed by atoms with Crippen LogP contribution in [0.5, 0.6) is 11.5 Å². The van der Waals surface area contributed by atoms with Crippen LogP contribution in [0.15, 0.2) is 42.0 Å². The third kappa shape index (κ3) is 5.39. The molecular formula is C19H13Cl2N3O3. The topological polar surface area (TPSA) is 95.1 Å². The first-order valence-corrected chi connectivity index (χ1v) is 8.30. The van der Waals surface area contributed by atoms with Crippen LogP contribution in [0.3, 0.4) is 0 Å². The molecule has 0 aromatic heterocycles. The maximum atomic E-state index is 12.3. The Bertz CT molecular complexity index is 975. The lowest BCUT2D eigenvalue weighted by atomic mass is 10.1. The third-order valence-electron chi connectivity index (χ3n) is 3.29. The molecule has 8 heteroatoms. The molecule has 2 aromatic rings. The number of methoxy groups -OCH3 is 1. The molecule has 0 bridgehead atoms. The second kappa shape index (κ2) is 9.49. The maximum Gasteiger partial charge on any atom is 0.266 e. The van der Waals surface area contributed by atoms with Crippen LogP contribution in [0.2, 0.25) is 10.0 Å². The number of ether oxygens (including phenoxy) is 2. The number of amides is 1. The number of hydrogen-bond acceptors (Lipinski definition) is 5. The average Bonchev–Trinajstić information content (AvgIpc) is 2.64. The third-order valence-corrected chi connectivity index (χ3v) is 3.81. The molecular weight excluding hydrogens is 389 g/mol. The second-order valence-corrected chi connectivity index (χ2v) is 5.96. The number of nitrogens with one attached hydrogen (secondary N) is 1. The van der Waals surface area contributed by atoms with Gasteiger partial charge in [0.2, 0.25) is 0 Å². The molecule has 0 radical (unpaired) electrons. The molecule has 0 fully saturated rings. The van der Waals surface area contributed by atoms with Crippen LogP contribution in [0, 0.1) is 22.7 Å². The lowest BCUT2D eigenvalue weighted by molar-refractivity contribution is -0.112. The Morgan fingerprint density at radius 1 is 1.26 bits per heavy atom. The van der Waals surface area contributed by atoms with E-state index in [9.17, 15) is 10.1 Å². The van der Waals surface area contributed by atoms with Crippen LogP contribution in [0.1, 0.15) is 5.56 Å². The van der Waals surface area contributed by atoms with E-state index in [1.807, 2.05) is 12.1 Å². The van der Waals surface area contributed by atoms with Crippen molar-refractivity contribution in [3.05, 3.63) is 57.6 Å². The van der Waals surface area contributed by atoms with Gasteiger partial charge in [-0.05, 0) is 42.0 Å². The van der Waals surface area contributed by atoms with Crippen molar-refractivity contribution in [3.8, 4) is 23.6 Å². The van der Waals surface area contributed by atoms with E-state index in [2.05, 4.69) is 5.32 Å². The number of halogens is 2. The summed E-state index contributed by atoms with van der Waals surface area (Å²) in [4.78, 5) is 12.3. The van der Waals surface area contributed by atoms with Crippen LogP contribution in [0.25, 0.3) is 6.08 Å². The molecule has 1 N–H and O–H groups in total. The molecule has 27 heavy (non-hydrogen) atoms. The minimum absolute atomic E-state index is 0.140. The van der Waals surface area contributed by atoms with E-state index in [4.69, 9.17) is 37.9 Å². The normalized spacial score (nSPS) is 10.5. The first kappa shape index (κ1) is 20.1. The Hall–Kier alpha value is -3.19. The van der Waals surface area contributed by atoms with Crippen molar-refractivity contribution in [2.45, 2.75) is 0 Å². The predicted molar refractivity (Wildman–Crippen MR) is 103 cm³/mol. The summed E-state index contributed by atoms with van der Waals surface area (Å²) in [7, 11) is 1.41. The highest BCUT2D eigenvalue weighted by Crippen LogP contribution is 2.37. The molecule has 0 unspecified atom stereocenters. The number of rotatable bonds is 6. The number of carbonyl (C=O) groups excluding carboxylic acids is 1. The lowest BCUT2D eigenvalue weighted by Gasteiger charge is -2.11. The molecule has 1 amide bonds. The fourth-order valence-electron chi connectivity index (χ4n) is 2.15. The van der Waals surface area contributed by atoms with Crippen LogP contribution < -0.4 is 14.8 Å². The van der Waals surface area contributed by atoms with Crippen LogP contribution in [-0.4, -0.2) is 19.6 Å². The van der Waals surface area contributed by atoms with Crippen molar-refractivity contribution < 1.29 is 14.3 Å². The number of hydrogen-bond donors (Lipinski definition) is 1. The van der Waals surface area contributed by atoms with Gasteiger partial charge in [-0.1, -0.05) is 29.3 Å². The first-order chi connectivity index (χ1) is 13.0. The Morgan fingerprint density at radius 2 is 2.04 bits per heavy atom. The number of nitriles is 2. The quantitative estimate of drug-likeness (QED) is 0.569. The van der Waals surface area contributed by atoms with E-state index < -0.39 is 5.91 Å². The highest BCUT2D eigenvalue weighted by atomic mass is 35.5. The molecule has 0 atom stereocenters. The van der Waals surface area contributed by atoms with Gasteiger partial charge >= 0.3 is 0 Å². The smallest absolute Gasteiger partial charge is 0.266 e. The Balaban J connectivity index is 2.31. The van der Waals surface area contributed by atoms with Gasteiger partial charge in [-0.15, -0.1) is 0 Å². The standard InChI is InChI=1S/C19H13Cl2N3O3/c1-26-17-9-12(8-16(21)18(17)27-6-5-22)7-13(11-23)19(25)24-15-4-2-3-14(20)10-15/h2-4,7-10H,6H2,1H3,(H,24,25)/b13-7+. The minimum Gasteiger partial charge on any atom is -0.493 e. The predicted octanol–water partition coefficient (Wildman–Crippen LogP) is 4.45. The molecule has 0 spiro atoms. The summed E-state index contributed by atoms with van der Waals surface area (Å²) in [5.41, 5.74) is 0.780. The number of carbonyl (C=O) groups is 1. The summed E-state index contributed by atoms with van der Waals surface area (Å²) in [5.74, 6) is -0.115. The highest BCUT2D eigenvalue weighted by molar-refractivity contribution is 6.32. The lowest BCUT2D eigenvalue weighted by Crippen LogP contribution is -2.13. The fraction of sp³-hybridized carbons (Fsp3) is 0.105. The summed E-state index contributed by atoms with van der Waals surface area (Å²) in [5, 5.41) is 21.2. The van der Waals surface area contributed by atoms with Crippen molar-refractivity contribution >= 4 is 40.9 Å². The molecule has 0 saturated heterocycles. The van der Waals surface area contributed by atoms with E-state index in [1.165, 1.54) is 19.3 Å². The van der Waals surface area contributed by atoms with E-state index in [-0.39, 0.29) is 28.7 Å². The zero-order valence-electron chi connectivity index (χ0n) is 14.1. The van der Waals surface area contributed by atoms with E-state index in [1.54, 1.807) is 30.3 Å². The van der Waals surface area contributed by atoms with Crippen molar-refractivity contribution in [2.24, 2.45) is 0 Å². The van der Waals surface area contributed by atoms with E-state index in [0.717, 1.165) is 0 Å². The van der Waals surface area contributed by atoms with Gasteiger partial charge in [0.15, 0.2) is 18.1 Å². The molecule has 2 rings (SSSR count). The Morgan fingerprint density at radius 3 is 2.67 bits per heavy atom. The van der Waals surface area contributed by atoms with Crippen molar-refractivity contribution in [1.29, 1.82) is 10.5 Å². The number of nitrogens with zero attached hydrogens (tertiary/aromatic N) is 2. The van der Waals surface area contributed by atoms with Gasteiger partial charge in [-0.2, -0.15) is 10.5 Å². The van der Waals surface area contributed by atoms with Crippen LogP contribution in [0.4, 0.5) is 5.69 Å². The largest absolute Gasteiger partial charge is 0.493 e. The monoisotopic (exact) mass is 401 g/mol. The molecule has 0 saturated carbocycles. The molecule has 136 valence electrons. The first-order valence-electron chi connectivity index (χ1n) is 7.54. The zero-order chi connectivity index (χ0) is 19.8. The summed E-state index contributed by atoms with van der Waals surface area (Å²) in [6.07, 6.45) is 1.36. The van der Waals surface area contributed by atoms with E-state index in [0.29, 0.717) is 16.3 Å². The van der Waals surface area contributed by atoms with Crippen molar-refractivity contribution in [3.63, 3.8) is 0 Å². The van der Waals surface area contributed by atoms with Gasteiger partial charge in [-0.3, -0.25) is 4.79 Å². The van der Waals surface area contributed by atoms with Crippen molar-refractivity contribution in [2.75, 3.05) is 19.0 Å². The van der Waals surface area contributed by atoms with Gasteiger partial charge < -0.3 is 14.8 Å². The molecule has 0 heterocycles. The summed E-state index contributed by atoms with van der Waals surface area (Å²) in [6.45, 7) is -0.198. The molecule has 0 aliphatic rings. The maximum absolute atomic E-state index is 12.3. The number of benzene rings is 2. The summed E-state index contributed by atoms with van der Waals surface area (Å²) < 4.78 is 10.4. The van der Waals surface area contributed by atoms with Crippen LogP contribution >= 0.6 is 23.2 Å². The van der Waals surface area contributed by atoms with Crippen LogP contribution in [-0.2, 0) is 4.79 Å². The zero-order valence-corrected chi connectivity index (χ0v) is 15.6. The van der Waals surface area contributed by atoms with E-state index >= 15 is 0 Å². The molecule has 2 aromatic carbocycles. The SMILES string of the molecule is COc1cc(/C=C(\C#N)C(=O)Nc2cccc(Cl)c2)cc(Cl)c1OCC#N. The van der Waals surface area contributed by atoms with Gasteiger partial charge in [-0.25, -0.2) is 0 Å². The van der Waals surface area contributed by atoms with Gasteiger partial charge in [0.25, 0.3) is 5.91 Å². The average molecular weight is 402 g/mol. The Labute approximate surface area is 166 Å². The minimum atomic E-state index is -0.598. The molecule has 6 nitrogen and oxygen atoms in total. The van der Waals surface area contributed by atoms with Crippen molar-refractivity contribution in [1.82, 2.24) is 0 Å². The summed E-state index contributed by atoms with van der Waals surface area (Å²) in [6, 6.07) is 13.3. The molecule has 0 aliphatic heterocycles. The highest BCUT2D eigenvalue weighted by Gasteiger charge is 2.14. The fourth-order valence-corrected chi connectivity index (χ4v) is 2.61. The van der Waals surface area contributed by atoms with Gasteiger partial charge in [0.05, 0.1) is 12.1 Å². The number of anilines is 1. The molecule has 0 aliphatic carbocycles.